The average molecular weight is 270 g/mol. The van der Waals surface area contributed by atoms with Crippen LogP contribution in [0.4, 0.5) is 5.69 Å². The topological polar surface area (TPSA) is 62.5 Å². The van der Waals surface area contributed by atoms with E-state index >= 15 is 0 Å². The highest BCUT2D eigenvalue weighted by Gasteiger charge is 2.24. The monoisotopic (exact) mass is 270 g/mol. The highest BCUT2D eigenvalue weighted by atomic mass is 16.4. The molecule has 0 saturated heterocycles. The molecule has 0 saturated carbocycles. The van der Waals surface area contributed by atoms with Gasteiger partial charge >= 0.3 is 5.97 Å². The molecule has 0 aliphatic carbocycles. The number of benzene rings is 1. The molecule has 0 atom stereocenters. The minimum Gasteiger partial charge on any atom is -0.477 e. The van der Waals surface area contributed by atoms with Crippen LogP contribution in [0.2, 0.25) is 0 Å². The average Bonchev–Trinajstić information content (AvgIpc) is 3.04. The van der Waals surface area contributed by atoms with E-state index in [1.807, 2.05) is 24.3 Å². The van der Waals surface area contributed by atoms with Gasteiger partial charge in [0.05, 0.1) is 0 Å². The van der Waals surface area contributed by atoms with Gasteiger partial charge in [-0.1, -0.05) is 18.2 Å². The molecule has 3 rings (SSSR count). The second-order valence-electron chi connectivity index (χ2n) is 4.75. The first-order valence-electron chi connectivity index (χ1n) is 6.43. The summed E-state index contributed by atoms with van der Waals surface area (Å²) in [5, 5.41) is 9.04. The van der Waals surface area contributed by atoms with E-state index in [1.54, 1.807) is 17.2 Å². The third-order valence-corrected chi connectivity index (χ3v) is 3.54. The minimum absolute atomic E-state index is 0.0446. The van der Waals surface area contributed by atoms with Gasteiger partial charge in [-0.2, -0.15) is 0 Å². The zero-order valence-corrected chi connectivity index (χ0v) is 10.8. The van der Waals surface area contributed by atoms with Crippen LogP contribution in [0.1, 0.15) is 16.1 Å². The Balaban J connectivity index is 1.81. The molecule has 5 heteroatoms. The Morgan fingerprint density at radius 3 is 2.75 bits per heavy atom. The number of anilines is 1. The summed E-state index contributed by atoms with van der Waals surface area (Å²) in [6, 6.07) is 10.9. The van der Waals surface area contributed by atoms with Gasteiger partial charge in [-0.25, -0.2) is 4.79 Å². The van der Waals surface area contributed by atoms with Crippen molar-refractivity contribution in [3.05, 3.63) is 53.9 Å². The predicted molar refractivity (Wildman–Crippen MR) is 73.9 cm³/mol. The zero-order valence-electron chi connectivity index (χ0n) is 10.8. The van der Waals surface area contributed by atoms with Crippen LogP contribution < -0.4 is 4.90 Å². The molecule has 0 fully saturated rings. The lowest BCUT2D eigenvalue weighted by atomic mass is 10.2. The Morgan fingerprint density at radius 1 is 1.15 bits per heavy atom. The number of amides is 1. The van der Waals surface area contributed by atoms with Crippen molar-refractivity contribution in [2.75, 3.05) is 11.4 Å². The van der Waals surface area contributed by atoms with Crippen molar-refractivity contribution in [3.8, 4) is 0 Å². The van der Waals surface area contributed by atoms with Gasteiger partial charge in [-0.3, -0.25) is 4.79 Å². The largest absolute Gasteiger partial charge is 0.477 e. The highest BCUT2D eigenvalue weighted by Crippen LogP contribution is 2.27. The van der Waals surface area contributed by atoms with E-state index in [9.17, 15) is 9.59 Å². The summed E-state index contributed by atoms with van der Waals surface area (Å²) < 4.78 is 1.46. The number of aromatic carboxylic acids is 1. The number of hydrogen-bond donors (Lipinski definition) is 1. The Hall–Kier alpha value is -2.56. The lowest BCUT2D eigenvalue weighted by molar-refractivity contribution is -0.119. The number of carbonyl (C=O) groups is 2. The number of nitrogens with zero attached hydrogens (tertiary/aromatic N) is 2. The quantitative estimate of drug-likeness (QED) is 0.924. The molecule has 1 aliphatic rings. The van der Waals surface area contributed by atoms with E-state index in [4.69, 9.17) is 5.11 Å². The van der Waals surface area contributed by atoms with Gasteiger partial charge in [-0.15, -0.1) is 0 Å². The van der Waals surface area contributed by atoms with Crippen molar-refractivity contribution < 1.29 is 14.7 Å². The number of hydrogen-bond acceptors (Lipinski definition) is 2. The number of fused-ring (bicyclic) bond motifs is 1. The van der Waals surface area contributed by atoms with E-state index in [0.717, 1.165) is 17.7 Å². The van der Waals surface area contributed by atoms with Crippen molar-refractivity contribution in [1.29, 1.82) is 0 Å². The van der Waals surface area contributed by atoms with Gasteiger partial charge < -0.3 is 14.6 Å². The van der Waals surface area contributed by atoms with Crippen LogP contribution in [0.25, 0.3) is 0 Å². The number of carboxylic acids is 1. The van der Waals surface area contributed by atoms with Crippen molar-refractivity contribution >= 4 is 17.6 Å². The molecule has 20 heavy (non-hydrogen) atoms. The summed E-state index contributed by atoms with van der Waals surface area (Å²) in [5.74, 6) is -1.11. The fourth-order valence-corrected chi connectivity index (χ4v) is 2.57. The van der Waals surface area contributed by atoms with Crippen LogP contribution in [0.5, 0.6) is 0 Å². The van der Waals surface area contributed by atoms with Crippen LogP contribution in [-0.2, 0) is 17.8 Å². The number of carboxylic acid groups (broad SMARTS) is 1. The Kier molecular flexibility index (Phi) is 3.02. The summed E-state index contributed by atoms with van der Waals surface area (Å²) in [7, 11) is 0. The molecule has 5 nitrogen and oxygen atoms in total. The molecular weight excluding hydrogens is 256 g/mol. The fraction of sp³-hybridized carbons (Fsp3) is 0.200. The molecule has 102 valence electrons. The zero-order chi connectivity index (χ0) is 14.1. The maximum atomic E-state index is 12.4. The molecular formula is C15H14N2O3. The van der Waals surface area contributed by atoms with Crippen molar-refractivity contribution in [3.63, 3.8) is 0 Å². The van der Waals surface area contributed by atoms with Gasteiger partial charge in [0.25, 0.3) is 0 Å². The van der Waals surface area contributed by atoms with E-state index in [0.29, 0.717) is 6.54 Å². The third-order valence-electron chi connectivity index (χ3n) is 3.54. The Morgan fingerprint density at radius 2 is 1.95 bits per heavy atom. The van der Waals surface area contributed by atoms with Crippen molar-refractivity contribution in [1.82, 2.24) is 4.57 Å². The third kappa shape index (κ3) is 2.07. The normalized spacial score (nSPS) is 13.3. The first kappa shape index (κ1) is 12.5. The SMILES string of the molecule is O=C(O)c1cccn1CC(=O)N1CCc2ccccc21. The van der Waals surface area contributed by atoms with Crippen LogP contribution in [-0.4, -0.2) is 28.1 Å². The van der Waals surface area contributed by atoms with Crippen LogP contribution in [0, 0.1) is 0 Å². The van der Waals surface area contributed by atoms with E-state index in [-0.39, 0.29) is 18.1 Å². The van der Waals surface area contributed by atoms with Crippen LogP contribution in [0.15, 0.2) is 42.6 Å². The number of para-hydroxylation sites is 1. The summed E-state index contributed by atoms with van der Waals surface area (Å²) in [6.45, 7) is 0.699. The second-order valence-corrected chi connectivity index (χ2v) is 4.75. The molecule has 2 aromatic rings. The van der Waals surface area contributed by atoms with Gasteiger partial charge in [-0.05, 0) is 30.2 Å². The maximum Gasteiger partial charge on any atom is 0.352 e. The van der Waals surface area contributed by atoms with Crippen molar-refractivity contribution in [2.24, 2.45) is 0 Å². The first-order valence-corrected chi connectivity index (χ1v) is 6.43. The smallest absolute Gasteiger partial charge is 0.352 e. The Bertz CT molecular complexity index is 675. The summed E-state index contributed by atoms with van der Waals surface area (Å²) in [4.78, 5) is 25.1. The minimum atomic E-state index is -1.02. The molecule has 1 amide bonds. The van der Waals surface area contributed by atoms with Gasteiger partial charge in [0.1, 0.15) is 12.2 Å². The van der Waals surface area contributed by atoms with E-state index in [2.05, 4.69) is 0 Å². The number of carbonyl (C=O) groups excluding carboxylic acids is 1. The molecule has 2 heterocycles. The number of aromatic nitrogens is 1. The molecule has 1 N–H and O–H groups in total. The van der Waals surface area contributed by atoms with E-state index in [1.165, 1.54) is 10.6 Å². The standard InChI is InChI=1S/C15H14N2O3/c18-14(10-16-8-3-6-13(16)15(19)20)17-9-7-11-4-1-2-5-12(11)17/h1-6,8H,7,9-10H2,(H,19,20). The van der Waals surface area contributed by atoms with Crippen molar-refractivity contribution in [2.45, 2.75) is 13.0 Å². The molecule has 1 aliphatic heterocycles. The maximum absolute atomic E-state index is 12.4. The second kappa shape index (κ2) is 4.85. The summed E-state index contributed by atoms with van der Waals surface area (Å²) >= 11 is 0. The molecule has 0 spiro atoms. The Labute approximate surface area is 116 Å². The van der Waals surface area contributed by atoms with Crippen LogP contribution in [0.3, 0.4) is 0 Å². The lowest BCUT2D eigenvalue weighted by Gasteiger charge is -2.18. The van der Waals surface area contributed by atoms with Crippen LogP contribution >= 0.6 is 0 Å². The molecule has 0 bridgehead atoms. The summed E-state index contributed by atoms with van der Waals surface area (Å²) in [6.07, 6.45) is 2.46. The molecule has 0 unspecified atom stereocenters. The predicted octanol–water partition coefficient (Wildman–Crippen LogP) is 1.78. The molecule has 1 aromatic heterocycles. The summed E-state index contributed by atoms with van der Waals surface area (Å²) in [5.41, 5.74) is 2.22. The van der Waals surface area contributed by atoms with Gasteiger partial charge in [0, 0.05) is 18.4 Å². The molecule has 1 aromatic carbocycles. The fourth-order valence-electron chi connectivity index (χ4n) is 2.57. The van der Waals surface area contributed by atoms with Gasteiger partial charge in [0.2, 0.25) is 5.91 Å². The first-order chi connectivity index (χ1) is 9.66. The lowest BCUT2D eigenvalue weighted by Crippen LogP contribution is -2.32. The van der Waals surface area contributed by atoms with Gasteiger partial charge in [0.15, 0.2) is 0 Å². The number of rotatable bonds is 3. The molecule has 0 radical (unpaired) electrons. The highest BCUT2D eigenvalue weighted by molar-refractivity contribution is 5.96. The van der Waals surface area contributed by atoms with E-state index < -0.39 is 5.97 Å².